The van der Waals surface area contributed by atoms with E-state index in [1.165, 1.54) is 12.1 Å². The van der Waals surface area contributed by atoms with Crippen molar-refractivity contribution >= 4 is 11.9 Å². The summed E-state index contributed by atoms with van der Waals surface area (Å²) in [7, 11) is 0. The molecule has 22 heavy (non-hydrogen) atoms. The molecule has 0 aliphatic heterocycles. The van der Waals surface area contributed by atoms with Gasteiger partial charge in [-0.05, 0) is 31.0 Å². The van der Waals surface area contributed by atoms with E-state index in [4.69, 9.17) is 9.63 Å². The predicted octanol–water partition coefficient (Wildman–Crippen LogP) is 1.72. The lowest BCUT2D eigenvalue weighted by Crippen LogP contribution is -2.22. The first-order chi connectivity index (χ1) is 10.5. The van der Waals surface area contributed by atoms with E-state index in [0.717, 1.165) is 5.56 Å². The third kappa shape index (κ3) is 4.69. The van der Waals surface area contributed by atoms with E-state index in [2.05, 4.69) is 15.5 Å². The van der Waals surface area contributed by atoms with Gasteiger partial charge in [0.1, 0.15) is 0 Å². The summed E-state index contributed by atoms with van der Waals surface area (Å²) in [5.41, 5.74) is 1.08. The first-order valence-electron chi connectivity index (χ1n) is 6.92. The molecule has 7 heteroatoms. The molecule has 0 spiro atoms. The van der Waals surface area contributed by atoms with Gasteiger partial charge >= 0.3 is 5.97 Å². The van der Waals surface area contributed by atoms with Crippen LogP contribution in [0.1, 0.15) is 40.5 Å². The first kappa shape index (κ1) is 15.7. The largest absolute Gasteiger partial charge is 0.478 e. The van der Waals surface area contributed by atoms with E-state index in [9.17, 15) is 9.59 Å². The molecule has 2 aromatic rings. The molecular weight excluding hydrogens is 286 g/mol. The highest BCUT2D eigenvalue weighted by Crippen LogP contribution is 2.05. The Morgan fingerprint density at radius 3 is 2.59 bits per heavy atom. The second-order valence-electron chi connectivity index (χ2n) is 4.87. The third-order valence-corrected chi connectivity index (χ3v) is 3.05. The van der Waals surface area contributed by atoms with Gasteiger partial charge in [0.2, 0.25) is 11.8 Å². The molecule has 0 saturated carbocycles. The topological polar surface area (TPSA) is 105 Å². The van der Waals surface area contributed by atoms with Crippen LogP contribution in [0, 0.1) is 6.92 Å². The number of hydrogen-bond donors (Lipinski definition) is 2. The second-order valence-corrected chi connectivity index (χ2v) is 4.87. The quantitative estimate of drug-likeness (QED) is 0.806. The molecule has 2 N–H and O–H groups in total. The molecule has 1 amide bonds. The van der Waals surface area contributed by atoms with E-state index >= 15 is 0 Å². The number of amides is 1. The number of aromatic carboxylic acids is 1. The van der Waals surface area contributed by atoms with Gasteiger partial charge < -0.3 is 14.9 Å². The lowest BCUT2D eigenvalue weighted by molar-refractivity contribution is -0.121. The minimum Gasteiger partial charge on any atom is -0.478 e. The SMILES string of the molecule is Cc1noc(CCCC(=O)NCc2ccc(C(=O)O)cc2)n1. The number of hydrogen-bond acceptors (Lipinski definition) is 5. The normalized spacial score (nSPS) is 10.4. The summed E-state index contributed by atoms with van der Waals surface area (Å²) < 4.78 is 4.97. The molecule has 2 rings (SSSR count). The van der Waals surface area contributed by atoms with Crippen LogP contribution < -0.4 is 5.32 Å². The van der Waals surface area contributed by atoms with Crippen LogP contribution in [0.5, 0.6) is 0 Å². The number of aromatic nitrogens is 2. The van der Waals surface area contributed by atoms with Crippen molar-refractivity contribution in [2.75, 3.05) is 0 Å². The predicted molar refractivity (Wildman–Crippen MR) is 77.2 cm³/mol. The van der Waals surface area contributed by atoms with Crippen LogP contribution in [-0.4, -0.2) is 27.1 Å². The number of carboxylic acids is 1. The highest BCUT2D eigenvalue weighted by molar-refractivity contribution is 5.87. The van der Waals surface area contributed by atoms with Crippen LogP contribution in [0.2, 0.25) is 0 Å². The van der Waals surface area contributed by atoms with E-state index in [-0.39, 0.29) is 11.5 Å². The molecule has 1 aromatic carbocycles. The molecule has 116 valence electrons. The monoisotopic (exact) mass is 303 g/mol. The number of aryl methyl sites for hydroxylation is 2. The summed E-state index contributed by atoms with van der Waals surface area (Å²) in [5, 5.41) is 15.3. The van der Waals surface area contributed by atoms with Crippen molar-refractivity contribution in [3.05, 3.63) is 47.1 Å². The van der Waals surface area contributed by atoms with Gasteiger partial charge in [0.25, 0.3) is 0 Å². The van der Waals surface area contributed by atoms with Gasteiger partial charge in [-0.1, -0.05) is 17.3 Å². The van der Waals surface area contributed by atoms with E-state index in [1.807, 2.05) is 0 Å². The molecule has 0 saturated heterocycles. The Morgan fingerprint density at radius 1 is 1.27 bits per heavy atom. The van der Waals surface area contributed by atoms with Crippen LogP contribution in [0.15, 0.2) is 28.8 Å². The molecule has 7 nitrogen and oxygen atoms in total. The molecule has 0 atom stereocenters. The Bertz CT molecular complexity index is 649. The van der Waals surface area contributed by atoms with Gasteiger partial charge in [0.05, 0.1) is 5.56 Å². The van der Waals surface area contributed by atoms with Crippen LogP contribution in [0.3, 0.4) is 0 Å². The maximum absolute atomic E-state index is 11.7. The minimum atomic E-state index is -0.966. The summed E-state index contributed by atoms with van der Waals surface area (Å²) in [4.78, 5) is 26.5. The molecule has 0 aliphatic carbocycles. The Kier molecular flexibility index (Phi) is 5.24. The number of carboxylic acid groups (broad SMARTS) is 1. The van der Waals surface area contributed by atoms with Crippen molar-refractivity contribution in [3.63, 3.8) is 0 Å². The van der Waals surface area contributed by atoms with Gasteiger partial charge in [-0.15, -0.1) is 0 Å². The number of carbonyl (C=O) groups excluding carboxylic acids is 1. The third-order valence-electron chi connectivity index (χ3n) is 3.05. The van der Waals surface area contributed by atoms with Gasteiger partial charge in [-0.3, -0.25) is 4.79 Å². The zero-order valence-electron chi connectivity index (χ0n) is 12.2. The maximum Gasteiger partial charge on any atom is 0.335 e. The van der Waals surface area contributed by atoms with E-state index < -0.39 is 5.97 Å². The fourth-order valence-electron chi connectivity index (χ4n) is 1.90. The van der Waals surface area contributed by atoms with Crippen LogP contribution >= 0.6 is 0 Å². The Morgan fingerprint density at radius 2 is 2.00 bits per heavy atom. The lowest BCUT2D eigenvalue weighted by Gasteiger charge is -2.05. The fraction of sp³-hybridized carbons (Fsp3) is 0.333. The average Bonchev–Trinajstić information content (AvgIpc) is 2.91. The average molecular weight is 303 g/mol. The van der Waals surface area contributed by atoms with Gasteiger partial charge in [0.15, 0.2) is 5.82 Å². The minimum absolute atomic E-state index is 0.0708. The van der Waals surface area contributed by atoms with Gasteiger partial charge in [-0.2, -0.15) is 4.98 Å². The summed E-state index contributed by atoms with van der Waals surface area (Å²) in [5.74, 6) is 0.0872. The first-order valence-corrected chi connectivity index (χ1v) is 6.92. The smallest absolute Gasteiger partial charge is 0.335 e. The molecule has 1 heterocycles. The highest BCUT2D eigenvalue weighted by atomic mass is 16.5. The molecule has 0 bridgehead atoms. The Balaban J connectivity index is 1.69. The molecule has 0 radical (unpaired) electrons. The van der Waals surface area contributed by atoms with Gasteiger partial charge in [-0.25, -0.2) is 4.79 Å². The summed E-state index contributed by atoms with van der Waals surface area (Å²) >= 11 is 0. The van der Waals surface area contributed by atoms with Crippen molar-refractivity contribution in [1.82, 2.24) is 15.5 Å². The summed E-state index contributed by atoms with van der Waals surface area (Å²) in [6.45, 7) is 2.12. The van der Waals surface area contributed by atoms with Crippen LogP contribution in [-0.2, 0) is 17.8 Å². The van der Waals surface area contributed by atoms with Crippen molar-refractivity contribution < 1.29 is 19.2 Å². The highest BCUT2D eigenvalue weighted by Gasteiger charge is 2.06. The molecule has 0 unspecified atom stereocenters. The maximum atomic E-state index is 11.7. The number of rotatable bonds is 7. The summed E-state index contributed by atoms with van der Waals surface area (Å²) in [6.07, 6.45) is 1.57. The van der Waals surface area contributed by atoms with Crippen LogP contribution in [0.25, 0.3) is 0 Å². The molecule has 1 aromatic heterocycles. The Labute approximate surface area is 127 Å². The fourth-order valence-corrected chi connectivity index (χ4v) is 1.90. The second kappa shape index (κ2) is 7.35. The molecule has 0 aliphatic rings. The van der Waals surface area contributed by atoms with Crippen molar-refractivity contribution in [2.24, 2.45) is 0 Å². The molecule has 0 fully saturated rings. The van der Waals surface area contributed by atoms with Crippen molar-refractivity contribution in [2.45, 2.75) is 32.7 Å². The number of carbonyl (C=O) groups is 2. The standard InChI is InChI=1S/C15H17N3O4/c1-10-17-14(22-18-10)4-2-3-13(19)16-9-11-5-7-12(8-6-11)15(20)21/h5-8H,2-4,9H2,1H3,(H,16,19)(H,20,21). The number of nitrogens with one attached hydrogen (secondary N) is 1. The zero-order valence-corrected chi connectivity index (χ0v) is 12.2. The Hall–Kier alpha value is -2.70. The van der Waals surface area contributed by atoms with E-state index in [1.54, 1.807) is 19.1 Å². The van der Waals surface area contributed by atoms with Crippen LogP contribution in [0.4, 0.5) is 0 Å². The zero-order chi connectivity index (χ0) is 15.9. The number of benzene rings is 1. The lowest BCUT2D eigenvalue weighted by atomic mass is 10.1. The van der Waals surface area contributed by atoms with E-state index in [0.29, 0.717) is 37.5 Å². The molecular formula is C15H17N3O4. The number of nitrogens with zero attached hydrogens (tertiary/aromatic N) is 2. The van der Waals surface area contributed by atoms with Crippen molar-refractivity contribution in [3.8, 4) is 0 Å². The van der Waals surface area contributed by atoms with Gasteiger partial charge in [0, 0.05) is 19.4 Å². The summed E-state index contributed by atoms with van der Waals surface area (Å²) in [6, 6.07) is 6.40. The van der Waals surface area contributed by atoms with Crippen molar-refractivity contribution in [1.29, 1.82) is 0 Å².